The van der Waals surface area contributed by atoms with E-state index in [1.165, 1.54) is 18.2 Å². The Morgan fingerprint density at radius 1 is 1.37 bits per heavy atom. The van der Waals surface area contributed by atoms with Gasteiger partial charge in [-0.1, -0.05) is 11.6 Å². The topological polar surface area (TPSA) is 60.2 Å². The van der Waals surface area contributed by atoms with Crippen LogP contribution in [-0.4, -0.2) is 11.6 Å². The Bertz CT molecular complexity index is 592. The maximum Gasteiger partial charge on any atom is 0.239 e. The first-order valence-electron chi connectivity index (χ1n) is 5.71. The number of anilines is 3. The Morgan fingerprint density at radius 3 is 2.89 bits per heavy atom. The lowest BCUT2D eigenvalue weighted by atomic mass is 10.3. The molecule has 3 N–H and O–H groups in total. The number of nitrogens with one attached hydrogen (secondary N) is 1. The summed E-state index contributed by atoms with van der Waals surface area (Å²) in [6.45, 7) is 2.28. The number of halogens is 2. The first-order valence-corrected chi connectivity index (χ1v) is 6.09. The SMILES string of the molecule is CCOc1nc(Nc2cc(Cl)ccc2F)ccc1N. The molecule has 0 aliphatic heterocycles. The van der Waals surface area contributed by atoms with Crippen molar-refractivity contribution in [1.82, 2.24) is 4.98 Å². The summed E-state index contributed by atoms with van der Waals surface area (Å²) in [4.78, 5) is 4.16. The highest BCUT2D eigenvalue weighted by atomic mass is 35.5. The second kappa shape index (κ2) is 5.75. The molecule has 1 aromatic heterocycles. The van der Waals surface area contributed by atoms with E-state index in [2.05, 4.69) is 10.3 Å². The highest BCUT2D eigenvalue weighted by molar-refractivity contribution is 6.30. The van der Waals surface area contributed by atoms with Crippen molar-refractivity contribution in [2.45, 2.75) is 6.92 Å². The average Bonchev–Trinajstić information content (AvgIpc) is 2.38. The maximum atomic E-state index is 13.6. The van der Waals surface area contributed by atoms with E-state index >= 15 is 0 Å². The number of pyridine rings is 1. The predicted octanol–water partition coefficient (Wildman–Crippen LogP) is 3.60. The molecule has 0 aliphatic rings. The third-order valence-corrected chi connectivity index (χ3v) is 2.60. The minimum atomic E-state index is -0.416. The van der Waals surface area contributed by atoms with E-state index in [0.29, 0.717) is 29.0 Å². The fraction of sp³-hybridized carbons (Fsp3) is 0.154. The van der Waals surface area contributed by atoms with Crippen molar-refractivity contribution < 1.29 is 9.13 Å². The van der Waals surface area contributed by atoms with Crippen molar-refractivity contribution in [3.8, 4) is 5.88 Å². The lowest BCUT2D eigenvalue weighted by molar-refractivity contribution is 0.329. The Labute approximate surface area is 115 Å². The standard InChI is InChI=1S/C13H13ClFN3O/c1-2-19-13-10(16)5-6-12(18-13)17-11-7-8(14)3-4-9(11)15/h3-7H,2,16H2,1H3,(H,17,18). The summed E-state index contributed by atoms with van der Waals surface area (Å²) in [6, 6.07) is 7.52. The first-order chi connectivity index (χ1) is 9.10. The molecule has 0 saturated carbocycles. The van der Waals surface area contributed by atoms with Crippen LogP contribution in [0.3, 0.4) is 0 Å². The van der Waals surface area contributed by atoms with Gasteiger partial charge in [0.05, 0.1) is 18.0 Å². The molecule has 6 heteroatoms. The lowest BCUT2D eigenvalue weighted by Crippen LogP contribution is -2.02. The Hall–Kier alpha value is -2.01. The zero-order valence-electron chi connectivity index (χ0n) is 10.3. The number of hydrogen-bond donors (Lipinski definition) is 2. The van der Waals surface area contributed by atoms with Gasteiger partial charge in [-0.25, -0.2) is 4.39 Å². The minimum Gasteiger partial charge on any atom is -0.476 e. The molecule has 100 valence electrons. The molecule has 4 nitrogen and oxygen atoms in total. The van der Waals surface area contributed by atoms with Crippen molar-refractivity contribution in [1.29, 1.82) is 0 Å². The summed E-state index contributed by atoms with van der Waals surface area (Å²) >= 11 is 5.82. The van der Waals surface area contributed by atoms with Gasteiger partial charge in [0.25, 0.3) is 0 Å². The van der Waals surface area contributed by atoms with Gasteiger partial charge in [-0.15, -0.1) is 0 Å². The Morgan fingerprint density at radius 2 is 2.16 bits per heavy atom. The van der Waals surface area contributed by atoms with Gasteiger partial charge in [0.2, 0.25) is 5.88 Å². The normalized spacial score (nSPS) is 10.3. The fourth-order valence-electron chi connectivity index (χ4n) is 1.50. The average molecular weight is 282 g/mol. The minimum absolute atomic E-state index is 0.243. The van der Waals surface area contributed by atoms with Crippen molar-refractivity contribution in [2.24, 2.45) is 0 Å². The van der Waals surface area contributed by atoms with Crippen molar-refractivity contribution in [3.05, 3.63) is 41.2 Å². The van der Waals surface area contributed by atoms with Crippen LogP contribution in [0.15, 0.2) is 30.3 Å². The summed E-state index contributed by atoms with van der Waals surface area (Å²) in [6.07, 6.45) is 0. The van der Waals surface area contributed by atoms with Crippen LogP contribution in [0.5, 0.6) is 5.88 Å². The molecule has 1 aromatic carbocycles. The fourth-order valence-corrected chi connectivity index (χ4v) is 1.68. The van der Waals surface area contributed by atoms with Crippen LogP contribution >= 0.6 is 11.6 Å². The smallest absolute Gasteiger partial charge is 0.239 e. The summed E-state index contributed by atoms with van der Waals surface area (Å²) in [5.74, 6) is 0.328. The number of hydrogen-bond acceptors (Lipinski definition) is 4. The van der Waals surface area contributed by atoms with Gasteiger partial charge in [0.15, 0.2) is 0 Å². The van der Waals surface area contributed by atoms with E-state index in [1.807, 2.05) is 6.92 Å². The number of aromatic nitrogens is 1. The number of nitrogens with two attached hydrogens (primary N) is 1. The highest BCUT2D eigenvalue weighted by Crippen LogP contribution is 2.26. The second-order valence-electron chi connectivity index (χ2n) is 3.77. The molecule has 0 bridgehead atoms. The summed E-state index contributed by atoms with van der Waals surface area (Å²) < 4.78 is 18.9. The number of rotatable bonds is 4. The molecule has 0 saturated heterocycles. The third kappa shape index (κ3) is 3.26. The van der Waals surface area contributed by atoms with E-state index in [1.54, 1.807) is 12.1 Å². The van der Waals surface area contributed by atoms with Gasteiger partial charge in [-0.05, 0) is 37.3 Å². The molecular weight excluding hydrogens is 269 g/mol. The molecule has 0 fully saturated rings. The van der Waals surface area contributed by atoms with Crippen LogP contribution in [0, 0.1) is 5.82 Å². The third-order valence-electron chi connectivity index (χ3n) is 2.36. The molecule has 0 spiro atoms. The largest absolute Gasteiger partial charge is 0.476 e. The molecule has 0 radical (unpaired) electrons. The van der Waals surface area contributed by atoms with E-state index in [0.717, 1.165) is 0 Å². The molecule has 1 heterocycles. The van der Waals surface area contributed by atoms with Gasteiger partial charge < -0.3 is 15.8 Å². The van der Waals surface area contributed by atoms with Crippen LogP contribution in [0.1, 0.15) is 6.92 Å². The van der Waals surface area contributed by atoms with E-state index in [-0.39, 0.29) is 5.69 Å². The zero-order chi connectivity index (χ0) is 13.8. The Kier molecular flexibility index (Phi) is 4.06. The van der Waals surface area contributed by atoms with E-state index in [4.69, 9.17) is 22.1 Å². The van der Waals surface area contributed by atoms with E-state index < -0.39 is 5.82 Å². The van der Waals surface area contributed by atoms with Gasteiger partial charge >= 0.3 is 0 Å². The quantitative estimate of drug-likeness (QED) is 0.899. The van der Waals surface area contributed by atoms with Crippen LogP contribution in [0.4, 0.5) is 21.6 Å². The molecule has 0 atom stereocenters. The maximum absolute atomic E-state index is 13.6. The first kappa shape index (κ1) is 13.4. The summed E-state index contributed by atoms with van der Waals surface area (Å²) in [5, 5.41) is 3.27. The van der Waals surface area contributed by atoms with Gasteiger partial charge in [0.1, 0.15) is 11.6 Å². The van der Waals surface area contributed by atoms with Crippen molar-refractivity contribution in [3.63, 3.8) is 0 Å². The number of nitrogen functional groups attached to an aromatic ring is 1. The number of benzene rings is 1. The predicted molar refractivity (Wildman–Crippen MR) is 74.5 cm³/mol. The molecule has 0 amide bonds. The van der Waals surface area contributed by atoms with Crippen LogP contribution < -0.4 is 15.8 Å². The number of ether oxygens (including phenoxy) is 1. The van der Waals surface area contributed by atoms with Crippen LogP contribution in [0.2, 0.25) is 5.02 Å². The van der Waals surface area contributed by atoms with Gasteiger partial charge in [-0.2, -0.15) is 4.98 Å². The Balaban J connectivity index is 2.28. The monoisotopic (exact) mass is 281 g/mol. The molecule has 2 rings (SSSR count). The summed E-state index contributed by atoms with van der Waals surface area (Å²) in [5.41, 5.74) is 6.38. The highest BCUT2D eigenvalue weighted by Gasteiger charge is 2.07. The van der Waals surface area contributed by atoms with Gasteiger partial charge in [0, 0.05) is 5.02 Å². The molecular formula is C13H13ClFN3O. The van der Waals surface area contributed by atoms with Crippen molar-refractivity contribution in [2.75, 3.05) is 17.7 Å². The van der Waals surface area contributed by atoms with Crippen molar-refractivity contribution >= 4 is 28.8 Å². The zero-order valence-corrected chi connectivity index (χ0v) is 11.0. The molecule has 0 aliphatic carbocycles. The van der Waals surface area contributed by atoms with Gasteiger partial charge in [-0.3, -0.25) is 0 Å². The summed E-state index contributed by atoms with van der Waals surface area (Å²) in [7, 11) is 0. The lowest BCUT2D eigenvalue weighted by Gasteiger charge is -2.10. The van der Waals surface area contributed by atoms with Crippen LogP contribution in [0.25, 0.3) is 0 Å². The molecule has 2 aromatic rings. The second-order valence-corrected chi connectivity index (χ2v) is 4.21. The molecule has 19 heavy (non-hydrogen) atoms. The number of nitrogens with zero attached hydrogens (tertiary/aromatic N) is 1. The molecule has 0 unspecified atom stereocenters. The van der Waals surface area contributed by atoms with E-state index in [9.17, 15) is 4.39 Å². The van der Waals surface area contributed by atoms with Crippen LogP contribution in [-0.2, 0) is 0 Å².